The highest BCUT2D eigenvalue weighted by Crippen LogP contribution is 2.22. The summed E-state index contributed by atoms with van der Waals surface area (Å²) >= 11 is 0. The Balaban J connectivity index is 2.45. The highest BCUT2D eigenvalue weighted by atomic mass is 16.4. The van der Waals surface area contributed by atoms with E-state index in [2.05, 4.69) is 12.0 Å². The zero-order chi connectivity index (χ0) is 12.6. The quantitative estimate of drug-likeness (QED) is 0.832. The first-order valence-electron chi connectivity index (χ1n) is 5.83. The molecule has 2 unspecified atom stereocenters. The predicted molar refractivity (Wildman–Crippen MR) is 62.0 cm³/mol. The van der Waals surface area contributed by atoms with Crippen LogP contribution in [0.15, 0.2) is 10.9 Å². The maximum Gasteiger partial charge on any atom is 0.328 e. The molecule has 1 aromatic rings. The number of aryl methyl sites for hydroxylation is 1. The Labute approximate surface area is 99.1 Å². The van der Waals surface area contributed by atoms with E-state index in [1.54, 1.807) is 0 Å². The third-order valence-electron chi connectivity index (χ3n) is 3.29. The molecule has 5 nitrogen and oxygen atoms in total. The Morgan fingerprint density at radius 3 is 3.00 bits per heavy atom. The second-order valence-corrected chi connectivity index (χ2v) is 4.76. The van der Waals surface area contributed by atoms with Crippen LogP contribution in [0.25, 0.3) is 0 Å². The first kappa shape index (κ1) is 11.8. The van der Waals surface area contributed by atoms with Gasteiger partial charge in [-0.25, -0.2) is 9.48 Å². The first-order valence-corrected chi connectivity index (χ1v) is 5.83. The molecule has 1 N–H and O–H groups in total. The molecular formula is C12H16N2O3. The number of carboxylic acid groups (broad SMARTS) is 1. The van der Waals surface area contributed by atoms with Gasteiger partial charge in [-0.1, -0.05) is 6.92 Å². The van der Waals surface area contributed by atoms with Gasteiger partial charge in [0.2, 0.25) is 0 Å². The van der Waals surface area contributed by atoms with Crippen molar-refractivity contribution >= 4 is 5.97 Å². The minimum Gasteiger partial charge on any atom is -0.480 e. The van der Waals surface area contributed by atoms with Crippen LogP contribution in [0, 0.1) is 5.92 Å². The molecule has 0 saturated carbocycles. The van der Waals surface area contributed by atoms with Gasteiger partial charge in [-0.2, -0.15) is 5.10 Å². The average Bonchev–Trinajstić information content (AvgIpc) is 2.27. The van der Waals surface area contributed by atoms with Crippen molar-refractivity contribution in [2.24, 2.45) is 5.92 Å². The highest BCUT2D eigenvalue weighted by Gasteiger charge is 2.21. The van der Waals surface area contributed by atoms with E-state index >= 15 is 0 Å². The van der Waals surface area contributed by atoms with Crippen LogP contribution in [-0.2, 0) is 17.6 Å². The van der Waals surface area contributed by atoms with E-state index in [1.165, 1.54) is 13.0 Å². The summed E-state index contributed by atoms with van der Waals surface area (Å²) in [5.74, 6) is -0.472. The molecule has 1 aromatic heterocycles. The number of aliphatic carboxylic acids is 1. The van der Waals surface area contributed by atoms with Crippen molar-refractivity contribution in [2.45, 2.75) is 39.2 Å². The van der Waals surface area contributed by atoms with E-state index in [1.807, 2.05) is 0 Å². The van der Waals surface area contributed by atoms with E-state index in [9.17, 15) is 9.59 Å². The fourth-order valence-corrected chi connectivity index (χ4v) is 2.17. The van der Waals surface area contributed by atoms with Crippen LogP contribution < -0.4 is 5.56 Å². The maximum absolute atomic E-state index is 11.8. The van der Waals surface area contributed by atoms with Gasteiger partial charge in [0.15, 0.2) is 6.04 Å². The minimum absolute atomic E-state index is 0.326. The lowest BCUT2D eigenvalue weighted by atomic mass is 9.88. The van der Waals surface area contributed by atoms with E-state index in [4.69, 9.17) is 5.11 Å². The zero-order valence-corrected chi connectivity index (χ0v) is 10.0. The summed E-state index contributed by atoms with van der Waals surface area (Å²) in [4.78, 5) is 22.7. The number of hydrogen-bond acceptors (Lipinski definition) is 3. The number of rotatable bonds is 2. The number of carbonyl (C=O) groups is 1. The minimum atomic E-state index is -1.04. The van der Waals surface area contributed by atoms with Crippen LogP contribution in [0.3, 0.4) is 0 Å². The zero-order valence-electron chi connectivity index (χ0n) is 10.0. The number of nitrogens with zero attached hydrogens (tertiary/aromatic N) is 2. The maximum atomic E-state index is 11.8. The molecule has 1 aliphatic carbocycles. The second kappa shape index (κ2) is 4.31. The van der Waals surface area contributed by atoms with Gasteiger partial charge in [-0.05, 0) is 37.7 Å². The fourth-order valence-electron chi connectivity index (χ4n) is 2.17. The van der Waals surface area contributed by atoms with E-state index in [0.29, 0.717) is 5.92 Å². The smallest absolute Gasteiger partial charge is 0.328 e. The van der Waals surface area contributed by atoms with Crippen molar-refractivity contribution in [3.8, 4) is 0 Å². The lowest BCUT2D eigenvalue weighted by Crippen LogP contribution is -2.32. The molecule has 5 heteroatoms. The molecule has 1 aliphatic rings. The molecule has 0 bridgehead atoms. The summed E-state index contributed by atoms with van der Waals surface area (Å²) in [6, 6.07) is 0.629. The van der Waals surface area contributed by atoms with Crippen LogP contribution in [0.1, 0.15) is 37.6 Å². The van der Waals surface area contributed by atoms with Gasteiger partial charge in [0, 0.05) is 6.07 Å². The van der Waals surface area contributed by atoms with Gasteiger partial charge in [0.05, 0.1) is 5.69 Å². The molecule has 17 heavy (non-hydrogen) atoms. The van der Waals surface area contributed by atoms with Crippen LogP contribution in [0.5, 0.6) is 0 Å². The molecule has 0 aromatic carbocycles. The summed E-state index contributed by atoms with van der Waals surface area (Å²) in [5.41, 5.74) is 1.52. The largest absolute Gasteiger partial charge is 0.480 e. The Morgan fingerprint density at radius 1 is 1.65 bits per heavy atom. The highest BCUT2D eigenvalue weighted by molar-refractivity contribution is 5.71. The SMILES string of the molecule is CC1CCc2nn(C(C)C(=O)O)c(=O)cc2C1. The van der Waals surface area contributed by atoms with E-state index in [-0.39, 0.29) is 5.56 Å². The van der Waals surface area contributed by atoms with Gasteiger partial charge < -0.3 is 5.11 Å². The summed E-state index contributed by atoms with van der Waals surface area (Å²) in [5, 5.41) is 13.1. The predicted octanol–water partition coefficient (Wildman–Crippen LogP) is 1.01. The third-order valence-corrected chi connectivity index (χ3v) is 3.29. The van der Waals surface area contributed by atoms with Crippen LogP contribution in [0.4, 0.5) is 0 Å². The first-order chi connectivity index (χ1) is 7.99. The lowest BCUT2D eigenvalue weighted by molar-refractivity contribution is -0.140. The van der Waals surface area contributed by atoms with Gasteiger partial charge in [0.1, 0.15) is 0 Å². The molecule has 0 radical (unpaired) electrons. The third kappa shape index (κ3) is 2.23. The molecule has 0 amide bonds. The van der Waals surface area contributed by atoms with Gasteiger partial charge in [0.25, 0.3) is 5.56 Å². The van der Waals surface area contributed by atoms with Crippen molar-refractivity contribution in [1.82, 2.24) is 9.78 Å². The molecule has 2 atom stereocenters. The monoisotopic (exact) mass is 236 g/mol. The van der Waals surface area contributed by atoms with Gasteiger partial charge >= 0.3 is 5.97 Å². The molecule has 0 fully saturated rings. The van der Waals surface area contributed by atoms with Crippen molar-refractivity contribution in [1.29, 1.82) is 0 Å². The van der Waals surface area contributed by atoms with Crippen molar-refractivity contribution in [3.05, 3.63) is 27.7 Å². The normalized spacial score (nSPS) is 20.7. The Hall–Kier alpha value is -1.65. The van der Waals surface area contributed by atoms with Crippen molar-refractivity contribution < 1.29 is 9.90 Å². The van der Waals surface area contributed by atoms with Gasteiger partial charge in [-0.15, -0.1) is 0 Å². The topological polar surface area (TPSA) is 72.2 Å². The number of fused-ring (bicyclic) bond motifs is 1. The number of carboxylic acids is 1. The summed E-state index contributed by atoms with van der Waals surface area (Å²) in [7, 11) is 0. The van der Waals surface area contributed by atoms with Crippen LogP contribution in [0.2, 0.25) is 0 Å². The number of hydrogen-bond donors (Lipinski definition) is 1. The fraction of sp³-hybridized carbons (Fsp3) is 0.583. The average molecular weight is 236 g/mol. The molecule has 0 saturated heterocycles. The molecule has 0 spiro atoms. The molecule has 0 aliphatic heterocycles. The van der Waals surface area contributed by atoms with Crippen molar-refractivity contribution in [2.75, 3.05) is 0 Å². The molecule has 1 heterocycles. The van der Waals surface area contributed by atoms with E-state index in [0.717, 1.165) is 35.2 Å². The second-order valence-electron chi connectivity index (χ2n) is 4.76. The number of aromatic nitrogens is 2. The Kier molecular flexibility index (Phi) is 3.00. The summed E-state index contributed by atoms with van der Waals surface area (Å²) in [6.45, 7) is 3.61. The summed E-state index contributed by atoms with van der Waals surface area (Å²) < 4.78 is 1.07. The standard InChI is InChI=1S/C12H16N2O3/c1-7-3-4-10-9(5-7)6-11(15)14(13-10)8(2)12(16)17/h6-8H,3-5H2,1-2H3,(H,16,17). The van der Waals surface area contributed by atoms with E-state index < -0.39 is 12.0 Å². The van der Waals surface area contributed by atoms with Gasteiger partial charge in [-0.3, -0.25) is 4.79 Å². The Morgan fingerprint density at radius 2 is 2.35 bits per heavy atom. The summed E-state index contributed by atoms with van der Waals surface area (Å²) in [6.07, 6.45) is 2.72. The lowest BCUT2D eigenvalue weighted by Gasteiger charge is -2.21. The Bertz CT molecular complexity index is 507. The van der Waals surface area contributed by atoms with Crippen LogP contribution in [-0.4, -0.2) is 20.9 Å². The molecule has 2 rings (SSSR count). The molecule has 92 valence electrons. The molecular weight excluding hydrogens is 220 g/mol. The van der Waals surface area contributed by atoms with Crippen molar-refractivity contribution in [3.63, 3.8) is 0 Å². The van der Waals surface area contributed by atoms with Crippen LogP contribution >= 0.6 is 0 Å².